The van der Waals surface area contributed by atoms with Crippen LogP contribution >= 0.6 is 11.3 Å². The zero-order valence-corrected chi connectivity index (χ0v) is 25.4. The third-order valence-corrected chi connectivity index (χ3v) is 8.59. The molecule has 8 heteroatoms. The third kappa shape index (κ3) is 4.97. The molecule has 0 saturated heterocycles. The molecular formula is C33H35N3O4S. The molecule has 0 saturated carbocycles. The van der Waals surface area contributed by atoms with E-state index >= 15 is 0 Å². The van der Waals surface area contributed by atoms with Gasteiger partial charge in [-0.3, -0.25) is 9.36 Å². The SMILES string of the molecule is CCOC(=O)C1=C(C)N=c2s/c(=C\c3cc(C)n(-c4cccc(C)c4C)c3C)c(=O)n2[C@H]1c1ccccc1OCC. The highest BCUT2D eigenvalue weighted by molar-refractivity contribution is 7.07. The highest BCUT2D eigenvalue weighted by atomic mass is 32.1. The molecule has 0 N–H and O–H groups in total. The number of ether oxygens (including phenoxy) is 2. The van der Waals surface area contributed by atoms with Crippen LogP contribution in [0.15, 0.2) is 69.6 Å². The van der Waals surface area contributed by atoms with Crippen LogP contribution in [-0.4, -0.2) is 28.3 Å². The molecular weight excluding hydrogens is 534 g/mol. The van der Waals surface area contributed by atoms with Crippen molar-refractivity contribution in [3.63, 3.8) is 0 Å². The maximum atomic E-state index is 14.1. The van der Waals surface area contributed by atoms with E-state index in [-0.39, 0.29) is 12.2 Å². The number of fused-ring (bicyclic) bond motifs is 1. The van der Waals surface area contributed by atoms with Crippen LogP contribution in [0.5, 0.6) is 5.75 Å². The number of benzene rings is 2. The molecule has 4 aromatic rings. The standard InChI is InChI=1S/C33H35N3O4S/c1-8-39-27-16-11-10-14-25(27)30-29(32(38)40-9-2)22(6)34-33-36(30)31(37)28(41-33)18-24-17-20(4)35(23(24)7)26-15-12-13-19(3)21(26)5/h10-18,30H,8-9H2,1-7H3/b28-18-/t30-/m0/s1. The zero-order chi connectivity index (χ0) is 29.4. The Bertz CT molecular complexity index is 1870. The summed E-state index contributed by atoms with van der Waals surface area (Å²) in [6, 6.07) is 15.2. The number of thiazole rings is 1. The molecule has 41 heavy (non-hydrogen) atoms. The maximum Gasteiger partial charge on any atom is 0.338 e. The first-order valence-corrected chi connectivity index (χ1v) is 14.7. The van der Waals surface area contributed by atoms with E-state index in [2.05, 4.69) is 56.5 Å². The summed E-state index contributed by atoms with van der Waals surface area (Å²) in [5.41, 5.74) is 8.03. The van der Waals surface area contributed by atoms with Gasteiger partial charge in [0.1, 0.15) is 11.8 Å². The van der Waals surface area contributed by atoms with Crippen molar-refractivity contribution in [3.05, 3.63) is 113 Å². The van der Waals surface area contributed by atoms with Gasteiger partial charge in [-0.15, -0.1) is 0 Å². The van der Waals surface area contributed by atoms with E-state index in [0.29, 0.717) is 38.5 Å². The van der Waals surface area contributed by atoms with E-state index in [4.69, 9.17) is 14.5 Å². The molecule has 0 spiro atoms. The molecule has 1 atom stereocenters. The second-order valence-electron chi connectivity index (χ2n) is 10.2. The highest BCUT2D eigenvalue weighted by Crippen LogP contribution is 2.36. The molecule has 2 aromatic heterocycles. The Hall–Kier alpha value is -4.17. The predicted molar refractivity (Wildman–Crippen MR) is 163 cm³/mol. The van der Waals surface area contributed by atoms with Crippen LogP contribution in [0.1, 0.15) is 60.5 Å². The normalized spacial score (nSPS) is 15.1. The van der Waals surface area contributed by atoms with Crippen LogP contribution in [0.25, 0.3) is 11.8 Å². The van der Waals surface area contributed by atoms with Crippen LogP contribution in [0.3, 0.4) is 0 Å². The van der Waals surface area contributed by atoms with E-state index in [1.54, 1.807) is 18.4 Å². The summed E-state index contributed by atoms with van der Waals surface area (Å²) in [6.07, 6.45) is 1.93. The molecule has 3 heterocycles. The van der Waals surface area contributed by atoms with Crippen LogP contribution in [0.4, 0.5) is 0 Å². The molecule has 2 aromatic carbocycles. The van der Waals surface area contributed by atoms with Gasteiger partial charge in [0.05, 0.1) is 29.0 Å². The van der Waals surface area contributed by atoms with Gasteiger partial charge in [-0.2, -0.15) is 0 Å². The van der Waals surface area contributed by atoms with Crippen LogP contribution in [-0.2, 0) is 9.53 Å². The number of carbonyl (C=O) groups excluding carboxylic acids is 1. The van der Waals surface area contributed by atoms with Gasteiger partial charge in [0, 0.05) is 22.6 Å². The van der Waals surface area contributed by atoms with Crippen molar-refractivity contribution in [1.29, 1.82) is 0 Å². The molecule has 0 fully saturated rings. The molecule has 0 amide bonds. The van der Waals surface area contributed by atoms with Crippen LogP contribution in [0, 0.1) is 27.7 Å². The number of nitrogens with zero attached hydrogens (tertiary/aromatic N) is 3. The summed E-state index contributed by atoms with van der Waals surface area (Å²) in [7, 11) is 0. The van der Waals surface area contributed by atoms with Gasteiger partial charge in [0.2, 0.25) is 0 Å². The Morgan fingerprint density at radius 2 is 1.78 bits per heavy atom. The molecule has 0 bridgehead atoms. The average molecular weight is 570 g/mol. The van der Waals surface area contributed by atoms with Crippen molar-refractivity contribution in [2.75, 3.05) is 13.2 Å². The largest absolute Gasteiger partial charge is 0.494 e. The minimum Gasteiger partial charge on any atom is -0.494 e. The van der Waals surface area contributed by atoms with Gasteiger partial charge in [-0.1, -0.05) is 41.7 Å². The van der Waals surface area contributed by atoms with Crippen molar-refractivity contribution in [2.24, 2.45) is 4.99 Å². The molecule has 0 aliphatic carbocycles. The summed E-state index contributed by atoms with van der Waals surface area (Å²) in [5.74, 6) is 0.125. The van der Waals surface area contributed by atoms with E-state index in [1.807, 2.05) is 37.3 Å². The first-order chi connectivity index (χ1) is 19.7. The lowest BCUT2D eigenvalue weighted by Crippen LogP contribution is -2.40. The molecule has 212 valence electrons. The highest BCUT2D eigenvalue weighted by Gasteiger charge is 2.35. The van der Waals surface area contributed by atoms with Crippen molar-refractivity contribution in [1.82, 2.24) is 9.13 Å². The number of aryl methyl sites for hydroxylation is 2. The molecule has 0 unspecified atom stereocenters. The Labute approximate surface area is 243 Å². The lowest BCUT2D eigenvalue weighted by atomic mass is 9.95. The fourth-order valence-corrected chi connectivity index (χ4v) is 6.54. The first kappa shape index (κ1) is 28.4. The second kappa shape index (κ2) is 11.4. The van der Waals surface area contributed by atoms with Crippen molar-refractivity contribution in [2.45, 2.75) is 54.5 Å². The first-order valence-electron chi connectivity index (χ1n) is 13.8. The van der Waals surface area contributed by atoms with E-state index < -0.39 is 12.0 Å². The van der Waals surface area contributed by atoms with Gasteiger partial charge in [-0.25, -0.2) is 9.79 Å². The number of esters is 1. The number of rotatable bonds is 7. The summed E-state index contributed by atoms with van der Waals surface area (Å²) in [4.78, 5) is 32.6. The lowest BCUT2D eigenvalue weighted by Gasteiger charge is -2.26. The number of allylic oxidation sites excluding steroid dienone is 1. The van der Waals surface area contributed by atoms with Gasteiger partial charge in [-0.05, 0) is 89.4 Å². The molecule has 0 radical (unpaired) electrons. The average Bonchev–Trinajstić information content (AvgIpc) is 3.39. The summed E-state index contributed by atoms with van der Waals surface area (Å²) in [6.45, 7) is 14.5. The smallest absolute Gasteiger partial charge is 0.338 e. The number of hydrogen-bond donors (Lipinski definition) is 0. The number of aromatic nitrogens is 2. The van der Waals surface area contributed by atoms with Crippen LogP contribution < -0.4 is 19.6 Å². The fraction of sp³-hybridized carbons (Fsp3) is 0.303. The third-order valence-electron chi connectivity index (χ3n) is 7.60. The quantitative estimate of drug-likeness (QED) is 0.286. The monoisotopic (exact) mass is 569 g/mol. The Morgan fingerprint density at radius 3 is 2.51 bits per heavy atom. The lowest BCUT2D eigenvalue weighted by molar-refractivity contribution is -0.139. The predicted octanol–water partition coefficient (Wildman–Crippen LogP) is 5.22. The van der Waals surface area contributed by atoms with Gasteiger partial charge >= 0.3 is 5.97 Å². The van der Waals surface area contributed by atoms with E-state index in [1.165, 1.54) is 22.5 Å². The van der Waals surface area contributed by atoms with Gasteiger partial charge < -0.3 is 14.0 Å². The topological polar surface area (TPSA) is 74.8 Å². The number of para-hydroxylation sites is 1. The fourth-order valence-electron chi connectivity index (χ4n) is 5.50. The Kier molecular flexibility index (Phi) is 7.87. The molecule has 1 aliphatic heterocycles. The van der Waals surface area contributed by atoms with Gasteiger partial charge in [0.15, 0.2) is 4.80 Å². The van der Waals surface area contributed by atoms with E-state index in [0.717, 1.165) is 22.6 Å². The molecule has 7 nitrogen and oxygen atoms in total. The minimum atomic E-state index is -0.724. The zero-order valence-electron chi connectivity index (χ0n) is 24.6. The molecule has 5 rings (SSSR count). The van der Waals surface area contributed by atoms with Crippen molar-refractivity contribution >= 4 is 23.4 Å². The maximum absolute atomic E-state index is 14.1. The molecule has 1 aliphatic rings. The summed E-state index contributed by atoms with van der Waals surface area (Å²) in [5, 5.41) is 0. The summed E-state index contributed by atoms with van der Waals surface area (Å²) >= 11 is 1.32. The number of carbonyl (C=O) groups is 1. The summed E-state index contributed by atoms with van der Waals surface area (Å²) < 4.78 is 15.8. The minimum absolute atomic E-state index is 0.212. The van der Waals surface area contributed by atoms with Crippen molar-refractivity contribution < 1.29 is 14.3 Å². The van der Waals surface area contributed by atoms with Crippen molar-refractivity contribution in [3.8, 4) is 11.4 Å². The number of hydrogen-bond acceptors (Lipinski definition) is 6. The van der Waals surface area contributed by atoms with Crippen LogP contribution in [0.2, 0.25) is 0 Å². The second-order valence-corrected chi connectivity index (χ2v) is 11.2. The Morgan fingerprint density at radius 1 is 1.02 bits per heavy atom. The van der Waals surface area contributed by atoms with Gasteiger partial charge in [0.25, 0.3) is 5.56 Å². The Balaban J connectivity index is 1.72. The van der Waals surface area contributed by atoms with E-state index in [9.17, 15) is 9.59 Å².